The van der Waals surface area contributed by atoms with Crippen LogP contribution in [0.1, 0.15) is 32.3 Å². The molecular weight excluding hydrogens is 233 g/mol. The molecule has 0 bridgehead atoms. The summed E-state index contributed by atoms with van der Waals surface area (Å²) in [5.74, 6) is -0.127. The Morgan fingerprint density at radius 1 is 1.28 bits per heavy atom. The molecule has 2 N–H and O–H groups in total. The van der Waals surface area contributed by atoms with Gasteiger partial charge in [-0.05, 0) is 30.5 Å². The lowest BCUT2D eigenvalue weighted by Crippen LogP contribution is -2.43. The summed E-state index contributed by atoms with van der Waals surface area (Å²) >= 11 is 0. The van der Waals surface area contributed by atoms with Gasteiger partial charge in [-0.15, -0.1) is 0 Å². The minimum Gasteiger partial charge on any atom is -0.494 e. The van der Waals surface area contributed by atoms with Gasteiger partial charge in [0.15, 0.2) is 11.6 Å². The van der Waals surface area contributed by atoms with E-state index in [2.05, 4.69) is 0 Å². The molecule has 0 unspecified atom stereocenters. The number of benzene rings is 1. The fourth-order valence-corrected chi connectivity index (χ4v) is 1.63. The first kappa shape index (κ1) is 14.9. The lowest BCUT2D eigenvalue weighted by Gasteiger charge is -2.26. The third-order valence-electron chi connectivity index (χ3n) is 3.28. The maximum Gasteiger partial charge on any atom is 0.165 e. The summed E-state index contributed by atoms with van der Waals surface area (Å²) in [7, 11) is 1.44. The highest BCUT2D eigenvalue weighted by atomic mass is 19.1. The molecule has 4 heteroatoms. The molecule has 1 aromatic rings. The van der Waals surface area contributed by atoms with Crippen molar-refractivity contribution >= 4 is 0 Å². The molecule has 0 saturated heterocycles. The van der Waals surface area contributed by atoms with Crippen LogP contribution in [0.2, 0.25) is 0 Å². The number of hydrogen-bond donors (Lipinski definition) is 1. The predicted molar refractivity (Wildman–Crippen MR) is 70.1 cm³/mol. The normalized spacial score (nSPS) is 11.6. The molecule has 0 aromatic heterocycles. The van der Waals surface area contributed by atoms with Crippen molar-refractivity contribution < 1.29 is 13.9 Å². The van der Waals surface area contributed by atoms with Gasteiger partial charge in [-0.2, -0.15) is 0 Å². The summed E-state index contributed by atoms with van der Waals surface area (Å²) in [5.41, 5.74) is 6.61. The fourth-order valence-electron chi connectivity index (χ4n) is 1.63. The van der Waals surface area contributed by atoms with Crippen molar-refractivity contribution in [3.8, 4) is 5.75 Å². The maximum absolute atomic E-state index is 13.4. The van der Waals surface area contributed by atoms with Gasteiger partial charge in [0, 0.05) is 5.54 Å². The van der Waals surface area contributed by atoms with Crippen molar-refractivity contribution in [3.63, 3.8) is 0 Å². The van der Waals surface area contributed by atoms with Gasteiger partial charge in [0.25, 0.3) is 0 Å². The molecule has 1 aromatic carbocycles. The quantitative estimate of drug-likeness (QED) is 0.814. The topological polar surface area (TPSA) is 44.5 Å². The minimum atomic E-state index is -0.372. The highest BCUT2D eigenvalue weighted by molar-refractivity contribution is 5.28. The van der Waals surface area contributed by atoms with E-state index in [1.165, 1.54) is 13.2 Å². The Morgan fingerprint density at radius 3 is 2.44 bits per heavy atom. The van der Waals surface area contributed by atoms with E-state index in [0.717, 1.165) is 18.4 Å². The largest absolute Gasteiger partial charge is 0.494 e. The Bertz CT molecular complexity index is 378. The lowest BCUT2D eigenvalue weighted by atomic mass is 9.96. The van der Waals surface area contributed by atoms with Gasteiger partial charge in [-0.25, -0.2) is 4.39 Å². The van der Waals surface area contributed by atoms with E-state index in [0.29, 0.717) is 13.2 Å². The van der Waals surface area contributed by atoms with Crippen molar-refractivity contribution in [2.45, 2.75) is 38.8 Å². The smallest absolute Gasteiger partial charge is 0.165 e. The molecule has 0 aliphatic rings. The summed E-state index contributed by atoms with van der Waals surface area (Å²) in [4.78, 5) is 0. The highest BCUT2D eigenvalue weighted by Gasteiger charge is 2.20. The first-order valence-corrected chi connectivity index (χ1v) is 6.23. The number of ether oxygens (including phenoxy) is 2. The minimum absolute atomic E-state index is 0.244. The van der Waals surface area contributed by atoms with Crippen molar-refractivity contribution in [1.82, 2.24) is 0 Å². The molecule has 0 amide bonds. The van der Waals surface area contributed by atoms with Gasteiger partial charge in [-0.3, -0.25) is 0 Å². The third-order valence-corrected chi connectivity index (χ3v) is 3.28. The molecule has 0 fully saturated rings. The Labute approximate surface area is 108 Å². The summed E-state index contributed by atoms with van der Waals surface area (Å²) in [5, 5.41) is 0. The van der Waals surface area contributed by atoms with Gasteiger partial charge in [-0.1, -0.05) is 19.9 Å². The molecule has 0 aliphatic carbocycles. The molecule has 0 spiro atoms. The first-order chi connectivity index (χ1) is 8.54. The molecule has 0 heterocycles. The van der Waals surface area contributed by atoms with Crippen LogP contribution in [0.3, 0.4) is 0 Å². The van der Waals surface area contributed by atoms with Crippen LogP contribution >= 0.6 is 0 Å². The summed E-state index contributed by atoms with van der Waals surface area (Å²) in [6, 6.07) is 4.82. The second-order valence-electron chi connectivity index (χ2n) is 4.53. The SMILES string of the molecule is CCC(N)(CC)COCc1ccc(OC)c(F)c1. The Balaban J connectivity index is 2.52. The second-order valence-corrected chi connectivity index (χ2v) is 4.53. The van der Waals surface area contributed by atoms with Gasteiger partial charge in [0.05, 0.1) is 20.3 Å². The zero-order valence-corrected chi connectivity index (χ0v) is 11.3. The molecule has 0 radical (unpaired) electrons. The third kappa shape index (κ3) is 3.96. The lowest BCUT2D eigenvalue weighted by molar-refractivity contribution is 0.0694. The van der Waals surface area contributed by atoms with E-state index in [4.69, 9.17) is 15.2 Å². The van der Waals surface area contributed by atoms with Crippen LogP contribution in [0.5, 0.6) is 5.75 Å². The molecule has 18 heavy (non-hydrogen) atoms. The van der Waals surface area contributed by atoms with Crippen LogP contribution in [0, 0.1) is 5.82 Å². The van der Waals surface area contributed by atoms with Crippen molar-refractivity contribution in [3.05, 3.63) is 29.6 Å². The van der Waals surface area contributed by atoms with Crippen LogP contribution in [-0.2, 0) is 11.3 Å². The van der Waals surface area contributed by atoms with Crippen LogP contribution in [0.4, 0.5) is 4.39 Å². The van der Waals surface area contributed by atoms with E-state index in [-0.39, 0.29) is 17.1 Å². The number of methoxy groups -OCH3 is 1. The van der Waals surface area contributed by atoms with E-state index in [9.17, 15) is 4.39 Å². The van der Waals surface area contributed by atoms with Crippen LogP contribution in [0.25, 0.3) is 0 Å². The van der Waals surface area contributed by atoms with Gasteiger partial charge in [0.1, 0.15) is 0 Å². The van der Waals surface area contributed by atoms with Crippen molar-refractivity contribution in [2.24, 2.45) is 5.73 Å². The zero-order chi connectivity index (χ0) is 13.6. The van der Waals surface area contributed by atoms with E-state index in [1.54, 1.807) is 12.1 Å². The summed E-state index contributed by atoms with van der Waals surface area (Å²) < 4.78 is 23.9. The number of rotatable bonds is 7. The second kappa shape index (κ2) is 6.71. The standard InChI is InChI=1S/C14H22FNO2/c1-4-14(16,5-2)10-18-9-11-6-7-13(17-3)12(15)8-11/h6-8H,4-5,9-10,16H2,1-3H3. The first-order valence-electron chi connectivity index (χ1n) is 6.23. The fraction of sp³-hybridized carbons (Fsp3) is 0.571. The van der Waals surface area contributed by atoms with Crippen molar-refractivity contribution in [2.75, 3.05) is 13.7 Å². The summed E-state index contributed by atoms with van der Waals surface area (Å²) in [6.45, 7) is 4.92. The Kier molecular flexibility index (Phi) is 5.56. The molecule has 1 rings (SSSR count). The van der Waals surface area contributed by atoms with E-state index >= 15 is 0 Å². The zero-order valence-electron chi connectivity index (χ0n) is 11.3. The molecule has 0 saturated carbocycles. The predicted octanol–water partition coefficient (Wildman–Crippen LogP) is 2.87. The van der Waals surface area contributed by atoms with E-state index in [1.807, 2.05) is 13.8 Å². The average molecular weight is 255 g/mol. The van der Waals surface area contributed by atoms with Gasteiger partial charge < -0.3 is 15.2 Å². The average Bonchev–Trinajstić information content (AvgIpc) is 2.39. The Morgan fingerprint density at radius 2 is 1.94 bits per heavy atom. The maximum atomic E-state index is 13.4. The number of nitrogens with two attached hydrogens (primary N) is 1. The van der Waals surface area contributed by atoms with Gasteiger partial charge in [0.2, 0.25) is 0 Å². The molecular formula is C14H22FNO2. The number of halogens is 1. The molecule has 0 atom stereocenters. The number of hydrogen-bond acceptors (Lipinski definition) is 3. The monoisotopic (exact) mass is 255 g/mol. The van der Waals surface area contributed by atoms with Crippen LogP contribution in [0.15, 0.2) is 18.2 Å². The molecule has 102 valence electrons. The van der Waals surface area contributed by atoms with Crippen molar-refractivity contribution in [1.29, 1.82) is 0 Å². The Hall–Kier alpha value is -1.13. The summed E-state index contributed by atoms with van der Waals surface area (Å²) in [6.07, 6.45) is 1.72. The van der Waals surface area contributed by atoms with Crippen LogP contribution < -0.4 is 10.5 Å². The highest BCUT2D eigenvalue weighted by Crippen LogP contribution is 2.19. The van der Waals surface area contributed by atoms with E-state index < -0.39 is 0 Å². The molecule has 0 aliphatic heterocycles. The molecule has 3 nitrogen and oxygen atoms in total. The van der Waals surface area contributed by atoms with Gasteiger partial charge >= 0.3 is 0 Å². The van der Waals surface area contributed by atoms with Crippen LogP contribution in [-0.4, -0.2) is 19.3 Å².